The van der Waals surface area contributed by atoms with E-state index in [2.05, 4.69) is 5.32 Å². The maximum Gasteiger partial charge on any atom is 0.258 e. The molecular formula is C13H18N2O3. The monoisotopic (exact) mass is 250 g/mol. The van der Waals surface area contributed by atoms with Crippen LogP contribution in [0.4, 0.5) is 0 Å². The van der Waals surface area contributed by atoms with Crippen LogP contribution in [0.3, 0.4) is 0 Å². The largest absolute Gasteiger partial charge is 0.469 e. The molecule has 1 aliphatic rings. The fourth-order valence-electron chi connectivity index (χ4n) is 2.32. The number of nitrogens with one attached hydrogen (secondary N) is 1. The number of piperazine rings is 1. The first-order valence-corrected chi connectivity index (χ1v) is 6.34. The molecule has 0 saturated carbocycles. The van der Waals surface area contributed by atoms with Crippen LogP contribution in [0.1, 0.15) is 36.4 Å². The lowest BCUT2D eigenvalue weighted by molar-refractivity contribution is -0.127. The third kappa shape index (κ3) is 2.12. The highest BCUT2D eigenvalue weighted by atomic mass is 16.3. The molecule has 1 aromatic heterocycles. The van der Waals surface area contributed by atoms with Gasteiger partial charge >= 0.3 is 0 Å². The van der Waals surface area contributed by atoms with E-state index in [-0.39, 0.29) is 17.9 Å². The minimum atomic E-state index is -0.370. The number of rotatable bonds is 3. The number of carbonyl (C=O) groups excluding carboxylic acids is 2. The van der Waals surface area contributed by atoms with Crippen LogP contribution in [0.15, 0.2) is 16.7 Å². The summed E-state index contributed by atoms with van der Waals surface area (Å²) >= 11 is 0. The number of aryl methyl sites for hydroxylation is 1. The van der Waals surface area contributed by atoms with Gasteiger partial charge in [-0.3, -0.25) is 9.59 Å². The number of amides is 2. The Kier molecular flexibility index (Phi) is 3.69. The molecule has 0 bridgehead atoms. The van der Waals surface area contributed by atoms with Crippen LogP contribution in [0.5, 0.6) is 0 Å². The molecule has 2 heterocycles. The van der Waals surface area contributed by atoms with Gasteiger partial charge in [-0.15, -0.1) is 0 Å². The van der Waals surface area contributed by atoms with Gasteiger partial charge in [0.2, 0.25) is 5.91 Å². The molecule has 1 atom stereocenters. The van der Waals surface area contributed by atoms with Gasteiger partial charge < -0.3 is 14.6 Å². The fourth-order valence-corrected chi connectivity index (χ4v) is 2.32. The average Bonchev–Trinajstić information content (AvgIpc) is 2.85. The zero-order valence-corrected chi connectivity index (χ0v) is 10.7. The van der Waals surface area contributed by atoms with E-state index in [0.29, 0.717) is 37.3 Å². The number of furan rings is 1. The standard InChI is InChI=1S/C13H18N2O3/c1-3-10-12(16)14-6-7-15(10)13(17)9-5-8-18-11(9)4-2/h5,8,10H,3-4,6-7H2,1-2H3,(H,14,16). The van der Waals surface area contributed by atoms with Gasteiger partial charge in [0.15, 0.2) is 0 Å². The van der Waals surface area contributed by atoms with E-state index in [4.69, 9.17) is 4.42 Å². The summed E-state index contributed by atoms with van der Waals surface area (Å²) in [5.74, 6) is 0.502. The fraction of sp³-hybridized carbons (Fsp3) is 0.538. The van der Waals surface area contributed by atoms with Crippen molar-refractivity contribution in [2.75, 3.05) is 13.1 Å². The Morgan fingerprint density at radius 3 is 3.00 bits per heavy atom. The molecule has 98 valence electrons. The summed E-state index contributed by atoms with van der Waals surface area (Å²) in [6, 6.07) is 1.31. The Hall–Kier alpha value is -1.78. The number of hydrogen-bond donors (Lipinski definition) is 1. The van der Waals surface area contributed by atoms with Crippen molar-refractivity contribution in [3.05, 3.63) is 23.7 Å². The first-order valence-electron chi connectivity index (χ1n) is 6.34. The van der Waals surface area contributed by atoms with Crippen molar-refractivity contribution in [3.8, 4) is 0 Å². The Morgan fingerprint density at radius 2 is 2.33 bits per heavy atom. The molecule has 0 aliphatic carbocycles. The van der Waals surface area contributed by atoms with Crippen molar-refractivity contribution in [1.29, 1.82) is 0 Å². The lowest BCUT2D eigenvalue weighted by Crippen LogP contribution is -2.56. The Balaban J connectivity index is 2.24. The normalized spacial score (nSPS) is 19.8. The van der Waals surface area contributed by atoms with Gasteiger partial charge in [0.05, 0.1) is 11.8 Å². The van der Waals surface area contributed by atoms with Gasteiger partial charge in [-0.1, -0.05) is 13.8 Å². The maximum absolute atomic E-state index is 12.4. The van der Waals surface area contributed by atoms with Crippen LogP contribution in [0.25, 0.3) is 0 Å². The predicted molar refractivity (Wildman–Crippen MR) is 66.2 cm³/mol. The number of nitrogens with zero attached hydrogens (tertiary/aromatic N) is 1. The zero-order chi connectivity index (χ0) is 13.1. The van der Waals surface area contributed by atoms with E-state index in [1.165, 1.54) is 6.26 Å². The maximum atomic E-state index is 12.4. The third-order valence-corrected chi connectivity index (χ3v) is 3.28. The number of carbonyl (C=O) groups is 2. The highest BCUT2D eigenvalue weighted by Gasteiger charge is 2.33. The molecule has 1 unspecified atom stereocenters. The Morgan fingerprint density at radius 1 is 1.56 bits per heavy atom. The van der Waals surface area contributed by atoms with Crippen molar-refractivity contribution in [2.24, 2.45) is 0 Å². The molecule has 2 rings (SSSR count). The van der Waals surface area contributed by atoms with E-state index in [0.717, 1.165) is 0 Å². The van der Waals surface area contributed by atoms with Crippen molar-refractivity contribution < 1.29 is 14.0 Å². The summed E-state index contributed by atoms with van der Waals surface area (Å²) in [5.41, 5.74) is 0.575. The first kappa shape index (κ1) is 12.7. The first-order chi connectivity index (χ1) is 8.69. The summed E-state index contributed by atoms with van der Waals surface area (Å²) in [4.78, 5) is 25.8. The lowest BCUT2D eigenvalue weighted by Gasteiger charge is -2.34. The minimum absolute atomic E-state index is 0.0707. The molecule has 18 heavy (non-hydrogen) atoms. The van der Waals surface area contributed by atoms with E-state index >= 15 is 0 Å². The van der Waals surface area contributed by atoms with Crippen LogP contribution < -0.4 is 5.32 Å². The molecule has 0 spiro atoms. The van der Waals surface area contributed by atoms with E-state index < -0.39 is 0 Å². The molecule has 1 aromatic rings. The lowest BCUT2D eigenvalue weighted by atomic mass is 10.1. The molecule has 1 saturated heterocycles. The molecular weight excluding hydrogens is 232 g/mol. The van der Waals surface area contributed by atoms with E-state index in [9.17, 15) is 9.59 Å². The van der Waals surface area contributed by atoms with E-state index in [1.54, 1.807) is 11.0 Å². The highest BCUT2D eigenvalue weighted by Crippen LogP contribution is 2.18. The molecule has 2 amide bonds. The second kappa shape index (κ2) is 5.25. The minimum Gasteiger partial charge on any atom is -0.469 e. The number of hydrogen-bond acceptors (Lipinski definition) is 3. The summed E-state index contributed by atoms with van der Waals surface area (Å²) < 4.78 is 5.27. The smallest absolute Gasteiger partial charge is 0.258 e. The summed E-state index contributed by atoms with van der Waals surface area (Å²) in [7, 11) is 0. The summed E-state index contributed by atoms with van der Waals surface area (Å²) in [6.45, 7) is 4.92. The molecule has 1 N–H and O–H groups in total. The van der Waals surface area contributed by atoms with Crippen LogP contribution in [-0.2, 0) is 11.2 Å². The van der Waals surface area contributed by atoms with Gasteiger partial charge in [0.1, 0.15) is 11.8 Å². The van der Waals surface area contributed by atoms with Gasteiger partial charge in [0, 0.05) is 19.5 Å². The summed E-state index contributed by atoms with van der Waals surface area (Å²) in [5, 5.41) is 2.79. The van der Waals surface area contributed by atoms with Crippen molar-refractivity contribution in [3.63, 3.8) is 0 Å². The van der Waals surface area contributed by atoms with Gasteiger partial charge in [-0.2, -0.15) is 0 Å². The molecule has 0 aromatic carbocycles. The molecule has 5 nitrogen and oxygen atoms in total. The quantitative estimate of drug-likeness (QED) is 0.876. The molecule has 1 fully saturated rings. The zero-order valence-electron chi connectivity index (χ0n) is 10.7. The van der Waals surface area contributed by atoms with Crippen LogP contribution in [-0.4, -0.2) is 35.8 Å². The van der Waals surface area contributed by atoms with Gasteiger partial charge in [0.25, 0.3) is 5.91 Å². The second-order valence-corrected chi connectivity index (χ2v) is 4.32. The van der Waals surface area contributed by atoms with E-state index in [1.807, 2.05) is 13.8 Å². The van der Waals surface area contributed by atoms with Crippen LogP contribution in [0, 0.1) is 0 Å². The highest BCUT2D eigenvalue weighted by molar-refractivity contribution is 5.98. The van der Waals surface area contributed by atoms with Crippen molar-refractivity contribution in [2.45, 2.75) is 32.7 Å². The summed E-state index contributed by atoms with van der Waals surface area (Å²) in [6.07, 6.45) is 2.82. The SMILES string of the molecule is CCc1occc1C(=O)N1CCNC(=O)C1CC. The second-order valence-electron chi connectivity index (χ2n) is 4.32. The Bertz CT molecular complexity index is 453. The van der Waals surface area contributed by atoms with Crippen molar-refractivity contribution in [1.82, 2.24) is 10.2 Å². The Labute approximate surface area is 106 Å². The van der Waals surface area contributed by atoms with Gasteiger partial charge in [-0.25, -0.2) is 0 Å². The van der Waals surface area contributed by atoms with Crippen LogP contribution in [0.2, 0.25) is 0 Å². The molecule has 0 radical (unpaired) electrons. The third-order valence-electron chi connectivity index (χ3n) is 3.28. The predicted octanol–water partition coefficient (Wildman–Crippen LogP) is 1.19. The molecule has 5 heteroatoms. The van der Waals surface area contributed by atoms with Crippen molar-refractivity contribution >= 4 is 11.8 Å². The molecule has 1 aliphatic heterocycles. The van der Waals surface area contributed by atoms with Crippen LogP contribution >= 0.6 is 0 Å². The average molecular weight is 250 g/mol. The topological polar surface area (TPSA) is 62.6 Å². The van der Waals surface area contributed by atoms with Gasteiger partial charge in [-0.05, 0) is 12.5 Å².